The van der Waals surface area contributed by atoms with Crippen molar-refractivity contribution in [3.8, 4) is 5.75 Å². The molecule has 133 valence electrons. The number of benzene rings is 1. The minimum absolute atomic E-state index is 0.0335. The molecule has 25 heavy (non-hydrogen) atoms. The zero-order valence-corrected chi connectivity index (χ0v) is 13.9. The predicted molar refractivity (Wildman–Crippen MR) is 86.3 cm³/mol. The third-order valence-corrected chi connectivity index (χ3v) is 3.91. The molecule has 0 aromatic heterocycles. The Labute approximate surface area is 144 Å². The van der Waals surface area contributed by atoms with Crippen molar-refractivity contribution in [2.75, 3.05) is 26.7 Å². The summed E-state index contributed by atoms with van der Waals surface area (Å²) >= 11 is 0. The number of urea groups is 1. The molecular weight excluding hydrogens is 328 g/mol. The highest BCUT2D eigenvalue weighted by molar-refractivity contribution is 6.38. The topological polar surface area (TPSA) is 120 Å². The summed E-state index contributed by atoms with van der Waals surface area (Å²) in [5, 5.41) is 2.34. The van der Waals surface area contributed by atoms with Crippen molar-refractivity contribution in [3.05, 3.63) is 29.8 Å². The van der Waals surface area contributed by atoms with Gasteiger partial charge in [0.1, 0.15) is 11.8 Å². The molecule has 1 aliphatic heterocycles. The fourth-order valence-corrected chi connectivity index (χ4v) is 2.47. The molecule has 5 amide bonds. The van der Waals surface area contributed by atoms with Gasteiger partial charge in [0.05, 0.1) is 7.11 Å². The normalized spacial score (nSPS) is 15.8. The summed E-state index contributed by atoms with van der Waals surface area (Å²) in [6, 6.07) is 4.13. The van der Waals surface area contributed by atoms with E-state index in [2.05, 4.69) is 5.32 Å². The first-order valence-corrected chi connectivity index (χ1v) is 7.69. The minimum atomic E-state index is -1.24. The van der Waals surface area contributed by atoms with Crippen LogP contribution in [0.25, 0.3) is 0 Å². The fourth-order valence-electron chi connectivity index (χ4n) is 2.47. The van der Waals surface area contributed by atoms with Crippen molar-refractivity contribution in [2.24, 2.45) is 0 Å². The van der Waals surface area contributed by atoms with E-state index in [1.165, 1.54) is 24.1 Å². The third-order valence-electron chi connectivity index (χ3n) is 3.91. The summed E-state index contributed by atoms with van der Waals surface area (Å²) < 4.78 is 5.02. The van der Waals surface area contributed by atoms with Crippen molar-refractivity contribution in [2.45, 2.75) is 13.0 Å². The quantitative estimate of drug-likeness (QED) is 0.749. The number of ether oxygens (including phenoxy) is 1. The van der Waals surface area contributed by atoms with E-state index in [4.69, 9.17) is 10.5 Å². The van der Waals surface area contributed by atoms with Crippen LogP contribution in [-0.2, 0) is 14.4 Å². The number of amides is 5. The van der Waals surface area contributed by atoms with Crippen LogP contribution >= 0.6 is 0 Å². The van der Waals surface area contributed by atoms with E-state index >= 15 is 0 Å². The van der Waals surface area contributed by atoms with Crippen LogP contribution in [0.3, 0.4) is 0 Å². The molecule has 2 N–H and O–H groups in total. The van der Waals surface area contributed by atoms with Gasteiger partial charge < -0.3 is 15.0 Å². The Bertz CT molecular complexity index is 688. The van der Waals surface area contributed by atoms with Gasteiger partial charge >= 0.3 is 17.8 Å². The number of nitrogens with zero attached hydrogens (tertiary/aromatic N) is 2. The first kappa shape index (κ1) is 18.2. The van der Waals surface area contributed by atoms with Crippen LogP contribution in [0.4, 0.5) is 4.79 Å². The molecule has 1 heterocycles. The number of imide groups is 1. The van der Waals surface area contributed by atoms with Gasteiger partial charge in [0, 0.05) is 19.6 Å². The number of carbonyl (C=O) groups is 4. The molecule has 9 heteroatoms. The number of piperazine rings is 1. The Hall–Kier alpha value is -3.10. The predicted octanol–water partition coefficient (Wildman–Crippen LogP) is -0.0539. The van der Waals surface area contributed by atoms with Crippen LogP contribution in [-0.4, -0.2) is 60.3 Å². The minimum Gasteiger partial charge on any atom is -0.497 e. The van der Waals surface area contributed by atoms with Gasteiger partial charge in [-0.25, -0.2) is 4.79 Å². The molecule has 1 unspecified atom stereocenters. The molecule has 1 fully saturated rings. The van der Waals surface area contributed by atoms with E-state index in [9.17, 15) is 19.2 Å². The summed E-state index contributed by atoms with van der Waals surface area (Å²) in [7, 11) is 1.49. The van der Waals surface area contributed by atoms with Crippen LogP contribution in [0.15, 0.2) is 24.3 Å². The number of nitrogens with one attached hydrogen (secondary N) is 2. The van der Waals surface area contributed by atoms with E-state index in [1.807, 2.05) is 0 Å². The van der Waals surface area contributed by atoms with Gasteiger partial charge in [0.2, 0.25) is 0 Å². The first-order valence-electron chi connectivity index (χ1n) is 7.69. The van der Waals surface area contributed by atoms with Crippen LogP contribution in [0.1, 0.15) is 18.5 Å². The van der Waals surface area contributed by atoms with Gasteiger partial charge in [-0.05, 0) is 24.6 Å². The Balaban J connectivity index is 2.14. The lowest BCUT2D eigenvalue weighted by atomic mass is 10.1. The summed E-state index contributed by atoms with van der Waals surface area (Å²) in [5.74, 6) is -2.19. The Morgan fingerprint density at radius 2 is 1.84 bits per heavy atom. The molecule has 1 radical (unpaired) electrons. The summed E-state index contributed by atoms with van der Waals surface area (Å²) in [6.07, 6.45) is 0. The number of hydrogen-bond acceptors (Lipinski definition) is 5. The molecular formula is C16H19N4O5. The monoisotopic (exact) mass is 347 g/mol. The second-order valence-corrected chi connectivity index (χ2v) is 5.36. The number of methoxy groups -OCH3 is 1. The van der Waals surface area contributed by atoms with Crippen molar-refractivity contribution in [3.63, 3.8) is 0 Å². The number of likely N-dealkylation sites (N-methyl/N-ethyl adjacent to an activating group) is 1. The highest BCUT2D eigenvalue weighted by Crippen LogP contribution is 2.18. The first-order chi connectivity index (χ1) is 11.9. The van der Waals surface area contributed by atoms with Gasteiger partial charge in [-0.2, -0.15) is 0 Å². The fraction of sp³-hybridized carbons (Fsp3) is 0.375. The average Bonchev–Trinajstić information content (AvgIpc) is 2.61. The third kappa shape index (κ3) is 3.87. The lowest BCUT2D eigenvalue weighted by Crippen LogP contribution is -2.58. The maximum absolute atomic E-state index is 12.3. The highest BCUT2D eigenvalue weighted by atomic mass is 16.5. The Morgan fingerprint density at radius 3 is 2.36 bits per heavy atom. The molecule has 1 saturated heterocycles. The molecule has 0 spiro atoms. The SMILES string of the molecule is CCN1CCN(C(=O)NC(C([NH])=O)c2ccc(OC)cc2)C(=O)C1=O. The number of rotatable bonds is 5. The molecule has 1 atom stereocenters. The van der Waals surface area contributed by atoms with Gasteiger partial charge in [-0.1, -0.05) is 12.1 Å². The van der Waals surface area contributed by atoms with E-state index in [1.54, 1.807) is 19.1 Å². The van der Waals surface area contributed by atoms with Gasteiger partial charge in [0.15, 0.2) is 0 Å². The Kier molecular flexibility index (Phi) is 5.58. The van der Waals surface area contributed by atoms with E-state index in [-0.39, 0.29) is 13.1 Å². The second-order valence-electron chi connectivity index (χ2n) is 5.36. The van der Waals surface area contributed by atoms with Gasteiger partial charge in [-0.15, -0.1) is 0 Å². The molecule has 0 saturated carbocycles. The smallest absolute Gasteiger partial charge is 0.325 e. The van der Waals surface area contributed by atoms with E-state index in [0.29, 0.717) is 17.9 Å². The van der Waals surface area contributed by atoms with Crippen molar-refractivity contribution < 1.29 is 23.9 Å². The van der Waals surface area contributed by atoms with Crippen LogP contribution in [0.2, 0.25) is 0 Å². The second kappa shape index (κ2) is 7.65. The largest absolute Gasteiger partial charge is 0.497 e. The highest BCUT2D eigenvalue weighted by Gasteiger charge is 2.36. The lowest BCUT2D eigenvalue weighted by Gasteiger charge is -2.32. The van der Waals surface area contributed by atoms with Crippen molar-refractivity contribution >= 4 is 23.8 Å². The average molecular weight is 347 g/mol. The zero-order valence-electron chi connectivity index (χ0n) is 13.9. The number of carbonyl (C=O) groups excluding carboxylic acids is 4. The summed E-state index contributed by atoms with van der Waals surface area (Å²) in [4.78, 5) is 49.9. The zero-order chi connectivity index (χ0) is 18.6. The lowest BCUT2D eigenvalue weighted by molar-refractivity contribution is -0.153. The molecule has 2 rings (SSSR count). The van der Waals surface area contributed by atoms with Crippen molar-refractivity contribution in [1.29, 1.82) is 0 Å². The van der Waals surface area contributed by atoms with Gasteiger partial charge in [-0.3, -0.25) is 25.0 Å². The molecule has 1 aromatic rings. The standard InChI is InChI=1S/C16H19N4O5/c1-3-19-8-9-20(15(23)14(19)22)16(24)18-12(13(17)21)10-4-6-11(25-2)7-5-10/h4-7,12,17H,3,8-9H2,1-2H3,(H,18,24). The van der Waals surface area contributed by atoms with E-state index in [0.717, 1.165) is 4.90 Å². The maximum atomic E-state index is 12.3. The summed E-state index contributed by atoms with van der Waals surface area (Å²) in [5.41, 5.74) is 7.74. The maximum Gasteiger partial charge on any atom is 0.325 e. The molecule has 0 aliphatic carbocycles. The van der Waals surface area contributed by atoms with Crippen LogP contribution in [0, 0.1) is 0 Å². The van der Waals surface area contributed by atoms with Crippen molar-refractivity contribution in [1.82, 2.24) is 20.9 Å². The molecule has 0 bridgehead atoms. The van der Waals surface area contributed by atoms with Crippen LogP contribution < -0.4 is 15.8 Å². The number of hydrogen-bond donors (Lipinski definition) is 1. The molecule has 1 aromatic carbocycles. The Morgan fingerprint density at radius 1 is 1.20 bits per heavy atom. The molecule has 9 nitrogen and oxygen atoms in total. The van der Waals surface area contributed by atoms with E-state index < -0.39 is 29.8 Å². The van der Waals surface area contributed by atoms with Crippen LogP contribution in [0.5, 0.6) is 5.75 Å². The molecule has 1 aliphatic rings. The summed E-state index contributed by atoms with van der Waals surface area (Å²) in [6.45, 7) is 2.38. The van der Waals surface area contributed by atoms with Gasteiger partial charge in [0.25, 0.3) is 5.91 Å².